The van der Waals surface area contributed by atoms with Gasteiger partial charge in [0.05, 0.1) is 6.04 Å². The molecule has 3 heterocycles. The number of nitrogens with one attached hydrogen (secondary N) is 1. The van der Waals surface area contributed by atoms with Crippen LogP contribution in [0.3, 0.4) is 0 Å². The second kappa shape index (κ2) is 6.50. The van der Waals surface area contributed by atoms with E-state index >= 15 is 0 Å². The summed E-state index contributed by atoms with van der Waals surface area (Å²) < 4.78 is 2.18. The molecule has 0 radical (unpaired) electrons. The number of fused-ring (bicyclic) bond motifs is 2. The summed E-state index contributed by atoms with van der Waals surface area (Å²) in [6.45, 7) is 6.62. The predicted octanol–water partition coefficient (Wildman–Crippen LogP) is 2.69. The summed E-state index contributed by atoms with van der Waals surface area (Å²) in [6, 6.07) is 8.25. The molecule has 2 amide bonds. The summed E-state index contributed by atoms with van der Waals surface area (Å²) in [5.41, 5.74) is 2.59. The van der Waals surface area contributed by atoms with E-state index in [1.165, 1.54) is 11.1 Å². The first-order chi connectivity index (χ1) is 12.1. The Labute approximate surface area is 148 Å². The lowest BCUT2D eigenvalue weighted by atomic mass is 10.00. The molecule has 2 aromatic rings. The number of nitrogens with zero attached hydrogens (tertiary/aromatic N) is 4. The summed E-state index contributed by atoms with van der Waals surface area (Å²) in [7, 11) is 0. The minimum absolute atomic E-state index is 0.0106. The molecule has 0 saturated heterocycles. The Morgan fingerprint density at radius 1 is 1.12 bits per heavy atom. The number of amides is 2. The summed E-state index contributed by atoms with van der Waals surface area (Å²) in [4.78, 5) is 14.8. The van der Waals surface area contributed by atoms with Crippen LogP contribution in [0, 0.1) is 5.92 Å². The SMILES string of the molecule is CC(C)[C@H](NC(=O)N1CCc2ccccc2C1)c1nnc2n1CCC2. The molecular formula is C19H25N5O. The van der Waals surface area contributed by atoms with Crippen LogP contribution < -0.4 is 5.32 Å². The number of rotatable bonds is 3. The minimum atomic E-state index is -0.107. The topological polar surface area (TPSA) is 63.1 Å². The zero-order valence-electron chi connectivity index (χ0n) is 14.9. The first-order valence-corrected chi connectivity index (χ1v) is 9.17. The fourth-order valence-corrected chi connectivity index (χ4v) is 3.83. The highest BCUT2D eigenvalue weighted by Gasteiger charge is 2.29. The second-order valence-corrected chi connectivity index (χ2v) is 7.34. The monoisotopic (exact) mass is 339 g/mol. The van der Waals surface area contributed by atoms with Crippen LogP contribution in [0.5, 0.6) is 0 Å². The van der Waals surface area contributed by atoms with Crippen molar-refractivity contribution in [1.82, 2.24) is 25.0 Å². The molecule has 1 atom stereocenters. The molecule has 4 rings (SSSR count). The summed E-state index contributed by atoms with van der Waals surface area (Å²) in [6.07, 6.45) is 3.00. The number of carbonyl (C=O) groups excluding carboxylic acids is 1. The molecule has 1 aromatic carbocycles. The van der Waals surface area contributed by atoms with Gasteiger partial charge < -0.3 is 14.8 Å². The third-order valence-electron chi connectivity index (χ3n) is 5.28. The Bertz CT molecular complexity index is 782. The molecule has 1 N–H and O–H groups in total. The van der Waals surface area contributed by atoms with Gasteiger partial charge in [-0.1, -0.05) is 38.1 Å². The van der Waals surface area contributed by atoms with Crippen LogP contribution in [0.15, 0.2) is 24.3 Å². The van der Waals surface area contributed by atoms with E-state index in [2.05, 4.69) is 52.1 Å². The smallest absolute Gasteiger partial charge is 0.318 e. The minimum Gasteiger partial charge on any atom is -0.328 e. The maximum absolute atomic E-state index is 12.9. The van der Waals surface area contributed by atoms with Gasteiger partial charge in [0.25, 0.3) is 0 Å². The molecule has 1 aromatic heterocycles. The van der Waals surface area contributed by atoms with Crippen LogP contribution >= 0.6 is 0 Å². The number of benzene rings is 1. The highest BCUT2D eigenvalue weighted by atomic mass is 16.2. The predicted molar refractivity (Wildman–Crippen MR) is 95.0 cm³/mol. The molecule has 0 spiro atoms. The highest BCUT2D eigenvalue weighted by Crippen LogP contribution is 2.25. The molecule has 2 aliphatic heterocycles. The molecule has 25 heavy (non-hydrogen) atoms. The van der Waals surface area contributed by atoms with Gasteiger partial charge in [0.15, 0.2) is 5.82 Å². The van der Waals surface area contributed by atoms with Crippen LogP contribution in [-0.4, -0.2) is 32.2 Å². The first kappa shape index (κ1) is 16.1. The quantitative estimate of drug-likeness (QED) is 0.935. The highest BCUT2D eigenvalue weighted by molar-refractivity contribution is 5.75. The first-order valence-electron chi connectivity index (χ1n) is 9.17. The Morgan fingerprint density at radius 2 is 1.92 bits per heavy atom. The largest absolute Gasteiger partial charge is 0.328 e. The van der Waals surface area contributed by atoms with Gasteiger partial charge in [-0.15, -0.1) is 10.2 Å². The van der Waals surface area contributed by atoms with Gasteiger partial charge in [0, 0.05) is 26.1 Å². The molecule has 132 valence electrons. The van der Waals surface area contributed by atoms with Gasteiger partial charge in [0.2, 0.25) is 0 Å². The lowest BCUT2D eigenvalue weighted by Crippen LogP contribution is -2.45. The number of aromatic nitrogens is 3. The third kappa shape index (κ3) is 3.01. The standard InChI is InChI=1S/C19H25N5O/c1-13(2)17(18-22-21-16-8-5-10-24(16)18)20-19(25)23-11-9-14-6-3-4-7-15(14)12-23/h3-4,6-7,13,17H,5,8-12H2,1-2H3,(H,20,25)/t17-/m0/s1. The van der Waals surface area contributed by atoms with Gasteiger partial charge >= 0.3 is 6.03 Å². The summed E-state index contributed by atoms with van der Waals surface area (Å²) in [5, 5.41) is 11.9. The Morgan fingerprint density at radius 3 is 2.72 bits per heavy atom. The van der Waals surface area contributed by atoms with Crippen molar-refractivity contribution in [2.75, 3.05) is 6.54 Å². The third-order valence-corrected chi connectivity index (χ3v) is 5.28. The van der Waals surface area contributed by atoms with Crippen LogP contribution in [0.4, 0.5) is 4.79 Å². The van der Waals surface area contributed by atoms with Crippen molar-refractivity contribution in [3.63, 3.8) is 0 Å². The molecule has 6 heteroatoms. The lowest BCUT2D eigenvalue weighted by Gasteiger charge is -2.31. The Kier molecular flexibility index (Phi) is 4.19. The van der Waals surface area contributed by atoms with E-state index in [9.17, 15) is 4.79 Å². The molecule has 0 saturated carbocycles. The van der Waals surface area contributed by atoms with Crippen molar-refractivity contribution >= 4 is 6.03 Å². The Hall–Kier alpha value is -2.37. The zero-order chi connectivity index (χ0) is 17.4. The maximum Gasteiger partial charge on any atom is 0.318 e. The Balaban J connectivity index is 1.50. The van der Waals surface area contributed by atoms with Crippen molar-refractivity contribution in [1.29, 1.82) is 0 Å². The van der Waals surface area contributed by atoms with Crippen LogP contribution in [-0.2, 0) is 25.9 Å². The van der Waals surface area contributed by atoms with Crippen molar-refractivity contribution in [2.45, 2.75) is 52.2 Å². The number of urea groups is 1. The fourth-order valence-electron chi connectivity index (χ4n) is 3.83. The second-order valence-electron chi connectivity index (χ2n) is 7.34. The van der Waals surface area contributed by atoms with Gasteiger partial charge in [-0.05, 0) is 29.9 Å². The maximum atomic E-state index is 12.9. The summed E-state index contributed by atoms with van der Waals surface area (Å²) in [5.74, 6) is 2.20. The van der Waals surface area contributed by atoms with Crippen molar-refractivity contribution < 1.29 is 4.79 Å². The van der Waals surface area contributed by atoms with Gasteiger partial charge in [-0.3, -0.25) is 0 Å². The number of aryl methyl sites for hydroxylation is 1. The number of hydrogen-bond acceptors (Lipinski definition) is 3. The van der Waals surface area contributed by atoms with E-state index in [0.717, 1.165) is 44.0 Å². The van der Waals surface area contributed by atoms with E-state index in [1.54, 1.807) is 0 Å². The number of carbonyl (C=O) groups is 1. The molecule has 6 nitrogen and oxygen atoms in total. The van der Waals surface area contributed by atoms with Crippen molar-refractivity contribution in [3.05, 3.63) is 47.0 Å². The van der Waals surface area contributed by atoms with E-state index in [-0.39, 0.29) is 18.0 Å². The number of hydrogen-bond donors (Lipinski definition) is 1. The van der Waals surface area contributed by atoms with Crippen molar-refractivity contribution in [3.8, 4) is 0 Å². The molecule has 2 aliphatic rings. The normalized spacial score (nSPS) is 17.3. The van der Waals surface area contributed by atoms with E-state index < -0.39 is 0 Å². The van der Waals surface area contributed by atoms with Crippen LogP contribution in [0.25, 0.3) is 0 Å². The van der Waals surface area contributed by atoms with Crippen LogP contribution in [0.1, 0.15) is 49.1 Å². The van der Waals surface area contributed by atoms with Crippen LogP contribution in [0.2, 0.25) is 0 Å². The van der Waals surface area contributed by atoms with E-state index in [4.69, 9.17) is 0 Å². The van der Waals surface area contributed by atoms with Crippen molar-refractivity contribution in [2.24, 2.45) is 5.92 Å². The molecular weight excluding hydrogens is 314 g/mol. The molecule has 0 bridgehead atoms. The lowest BCUT2D eigenvalue weighted by molar-refractivity contribution is 0.183. The zero-order valence-corrected chi connectivity index (χ0v) is 14.9. The van der Waals surface area contributed by atoms with Gasteiger partial charge in [0.1, 0.15) is 5.82 Å². The van der Waals surface area contributed by atoms with E-state index in [0.29, 0.717) is 6.54 Å². The molecule has 0 unspecified atom stereocenters. The molecule has 0 aliphatic carbocycles. The average molecular weight is 339 g/mol. The summed E-state index contributed by atoms with van der Waals surface area (Å²) >= 11 is 0. The van der Waals surface area contributed by atoms with E-state index in [1.807, 2.05) is 11.0 Å². The molecule has 0 fully saturated rings. The average Bonchev–Trinajstić information content (AvgIpc) is 3.22. The van der Waals surface area contributed by atoms with Gasteiger partial charge in [-0.25, -0.2) is 4.79 Å². The van der Waals surface area contributed by atoms with Gasteiger partial charge in [-0.2, -0.15) is 0 Å². The fraction of sp³-hybridized carbons (Fsp3) is 0.526.